The van der Waals surface area contributed by atoms with E-state index in [-0.39, 0.29) is 22.6 Å². The highest BCUT2D eigenvalue weighted by atomic mass is 19.4. The van der Waals surface area contributed by atoms with E-state index >= 15 is 0 Å². The quantitative estimate of drug-likeness (QED) is 0.416. The molecule has 3 aromatic heterocycles. The molecule has 0 aliphatic heterocycles. The molecule has 6 nitrogen and oxygen atoms in total. The number of anilines is 1. The average Bonchev–Trinajstić information content (AvgIpc) is 2.82. The lowest BCUT2D eigenvalue weighted by atomic mass is 9.93. The van der Waals surface area contributed by atoms with Crippen molar-refractivity contribution in [2.45, 2.75) is 6.18 Å². The molecule has 166 valence electrons. The minimum absolute atomic E-state index is 0.223. The van der Waals surface area contributed by atoms with Crippen LogP contribution in [0.3, 0.4) is 0 Å². The molecule has 0 fully saturated rings. The highest BCUT2D eigenvalue weighted by molar-refractivity contribution is 6.32. The Morgan fingerprint density at radius 2 is 1.79 bits per heavy atom. The maximum Gasteiger partial charge on any atom is 0.405 e. The normalized spacial score (nSPS) is 11.7. The van der Waals surface area contributed by atoms with E-state index in [1.165, 1.54) is 10.8 Å². The SMILES string of the molecule is [B]c1ccc(-c2c(=O)n(-c3ccc4ncccc4c3)cc3cnc(NCC(F)(F)F)nc23)cc1. The lowest BCUT2D eigenvalue weighted by Crippen LogP contribution is -2.23. The van der Waals surface area contributed by atoms with Gasteiger partial charge in [0, 0.05) is 35.1 Å². The molecule has 0 aliphatic carbocycles. The minimum atomic E-state index is -4.44. The summed E-state index contributed by atoms with van der Waals surface area (Å²) in [6, 6.07) is 15.7. The second kappa shape index (κ2) is 8.29. The molecule has 5 aromatic rings. The predicted octanol–water partition coefficient (Wildman–Crippen LogP) is 3.76. The molecule has 0 aliphatic rings. The molecule has 0 saturated carbocycles. The van der Waals surface area contributed by atoms with E-state index in [2.05, 4.69) is 20.3 Å². The number of alkyl halides is 3. The van der Waals surface area contributed by atoms with E-state index in [0.717, 1.165) is 10.9 Å². The minimum Gasteiger partial charge on any atom is -0.345 e. The molecule has 1 N–H and O–H groups in total. The molecule has 0 spiro atoms. The summed E-state index contributed by atoms with van der Waals surface area (Å²) in [4.78, 5) is 26.2. The largest absolute Gasteiger partial charge is 0.405 e. The molecule has 10 heteroatoms. The van der Waals surface area contributed by atoms with Crippen LogP contribution in [-0.4, -0.2) is 40.1 Å². The molecular formula is C24H15BF3N5O. The van der Waals surface area contributed by atoms with E-state index in [4.69, 9.17) is 7.85 Å². The fourth-order valence-corrected chi connectivity index (χ4v) is 3.68. The van der Waals surface area contributed by atoms with Gasteiger partial charge in [0.05, 0.1) is 16.6 Å². The monoisotopic (exact) mass is 457 g/mol. The molecular weight excluding hydrogens is 442 g/mol. The van der Waals surface area contributed by atoms with Gasteiger partial charge in [0.1, 0.15) is 14.4 Å². The molecule has 5 rings (SSSR count). The predicted molar refractivity (Wildman–Crippen MR) is 126 cm³/mol. The van der Waals surface area contributed by atoms with Gasteiger partial charge in [0.25, 0.3) is 5.56 Å². The van der Waals surface area contributed by atoms with Crippen LogP contribution in [0.4, 0.5) is 19.1 Å². The molecule has 34 heavy (non-hydrogen) atoms. The zero-order chi connectivity index (χ0) is 23.9. The highest BCUT2D eigenvalue weighted by Gasteiger charge is 2.27. The zero-order valence-electron chi connectivity index (χ0n) is 17.5. The first-order valence-electron chi connectivity index (χ1n) is 10.2. The molecule has 0 bridgehead atoms. The van der Waals surface area contributed by atoms with Crippen LogP contribution in [0, 0.1) is 0 Å². The van der Waals surface area contributed by atoms with Gasteiger partial charge in [0.15, 0.2) is 0 Å². The average molecular weight is 457 g/mol. The maximum atomic E-state index is 13.7. The number of nitrogens with zero attached hydrogens (tertiary/aromatic N) is 4. The first kappa shape index (κ1) is 21.6. The molecule has 2 radical (unpaired) electrons. The van der Waals surface area contributed by atoms with Crippen LogP contribution in [0.25, 0.3) is 38.6 Å². The number of fused-ring (bicyclic) bond motifs is 2. The lowest BCUT2D eigenvalue weighted by Gasteiger charge is -2.14. The van der Waals surface area contributed by atoms with Crippen molar-refractivity contribution in [1.29, 1.82) is 0 Å². The molecule has 3 heterocycles. The Labute approximate surface area is 192 Å². The lowest BCUT2D eigenvalue weighted by molar-refractivity contribution is -0.115. The fourth-order valence-electron chi connectivity index (χ4n) is 3.68. The summed E-state index contributed by atoms with van der Waals surface area (Å²) in [5, 5.41) is 3.50. The van der Waals surface area contributed by atoms with Crippen LogP contribution in [0.15, 0.2) is 78.0 Å². The van der Waals surface area contributed by atoms with Crippen LogP contribution in [-0.2, 0) is 0 Å². The Bertz CT molecular complexity index is 1580. The highest BCUT2D eigenvalue weighted by Crippen LogP contribution is 2.26. The van der Waals surface area contributed by atoms with Crippen LogP contribution in [0.5, 0.6) is 0 Å². The fraction of sp³-hybridized carbons (Fsp3) is 0.0833. The maximum absolute atomic E-state index is 13.7. The van der Waals surface area contributed by atoms with Crippen molar-refractivity contribution in [1.82, 2.24) is 19.5 Å². The smallest absolute Gasteiger partial charge is 0.345 e. The second-order valence-electron chi connectivity index (χ2n) is 7.65. The number of pyridine rings is 2. The van der Waals surface area contributed by atoms with E-state index < -0.39 is 12.7 Å². The van der Waals surface area contributed by atoms with E-state index in [1.807, 2.05) is 18.2 Å². The number of nitrogens with one attached hydrogen (secondary N) is 1. The van der Waals surface area contributed by atoms with E-state index in [9.17, 15) is 18.0 Å². The Morgan fingerprint density at radius 1 is 1.00 bits per heavy atom. The standard InChI is InChI=1S/C24H15BF3N5O/c25-17-5-3-14(4-6-17)20-21-16(11-30-23(32-21)31-13-24(26,27)28)12-33(22(20)34)18-7-8-19-15(10-18)2-1-9-29-19/h1-12H,13H2,(H,31,32). The number of hydrogen-bond donors (Lipinski definition) is 1. The van der Waals surface area contributed by atoms with Crippen LogP contribution >= 0.6 is 0 Å². The molecule has 0 saturated heterocycles. The molecule has 0 amide bonds. The Morgan fingerprint density at radius 3 is 2.56 bits per heavy atom. The van der Waals surface area contributed by atoms with E-state index in [0.29, 0.717) is 22.1 Å². The summed E-state index contributed by atoms with van der Waals surface area (Å²) in [6.07, 6.45) is 0.210. The molecule has 2 aromatic carbocycles. The van der Waals surface area contributed by atoms with Gasteiger partial charge in [-0.1, -0.05) is 35.8 Å². The van der Waals surface area contributed by atoms with Gasteiger partial charge < -0.3 is 5.32 Å². The van der Waals surface area contributed by atoms with Gasteiger partial charge in [-0.25, -0.2) is 9.97 Å². The molecule has 0 atom stereocenters. The van der Waals surface area contributed by atoms with Gasteiger partial charge in [-0.3, -0.25) is 14.3 Å². The summed E-state index contributed by atoms with van der Waals surface area (Å²) in [6.45, 7) is -1.29. The van der Waals surface area contributed by atoms with Crippen LogP contribution < -0.4 is 16.3 Å². The number of aromatic nitrogens is 4. The van der Waals surface area contributed by atoms with Gasteiger partial charge in [-0.05, 0) is 29.8 Å². The third kappa shape index (κ3) is 4.22. The van der Waals surface area contributed by atoms with Crippen molar-refractivity contribution in [3.63, 3.8) is 0 Å². The number of benzene rings is 2. The number of rotatable bonds is 4. The number of hydrogen-bond acceptors (Lipinski definition) is 5. The first-order valence-corrected chi connectivity index (χ1v) is 10.2. The summed E-state index contributed by atoms with van der Waals surface area (Å²) in [7, 11) is 5.80. The van der Waals surface area contributed by atoms with Crippen LogP contribution in [0.1, 0.15) is 0 Å². The third-order valence-electron chi connectivity index (χ3n) is 5.27. The number of halogens is 3. The van der Waals surface area contributed by atoms with Crippen LogP contribution in [0.2, 0.25) is 0 Å². The Hall–Kier alpha value is -4.21. The van der Waals surface area contributed by atoms with Crippen molar-refractivity contribution >= 4 is 41.1 Å². The second-order valence-corrected chi connectivity index (χ2v) is 7.65. The van der Waals surface area contributed by atoms with Crippen molar-refractivity contribution in [2.75, 3.05) is 11.9 Å². The summed E-state index contributed by atoms with van der Waals surface area (Å²) < 4.78 is 39.5. The van der Waals surface area contributed by atoms with Gasteiger partial charge in [0.2, 0.25) is 5.95 Å². The summed E-state index contributed by atoms with van der Waals surface area (Å²) in [5.74, 6) is -0.226. The topological polar surface area (TPSA) is 72.7 Å². The van der Waals surface area contributed by atoms with Crippen molar-refractivity contribution in [3.05, 3.63) is 83.5 Å². The summed E-state index contributed by atoms with van der Waals surface area (Å²) in [5.41, 5.74) is 2.48. The van der Waals surface area contributed by atoms with E-state index in [1.54, 1.807) is 48.8 Å². The zero-order valence-corrected chi connectivity index (χ0v) is 17.5. The van der Waals surface area contributed by atoms with Crippen molar-refractivity contribution in [3.8, 4) is 16.8 Å². The van der Waals surface area contributed by atoms with Crippen molar-refractivity contribution in [2.24, 2.45) is 0 Å². The first-order chi connectivity index (χ1) is 16.3. The van der Waals surface area contributed by atoms with Gasteiger partial charge >= 0.3 is 6.18 Å². The Kier molecular flexibility index (Phi) is 5.28. The van der Waals surface area contributed by atoms with Gasteiger partial charge in [-0.15, -0.1) is 0 Å². The Balaban J connectivity index is 1.73. The van der Waals surface area contributed by atoms with Crippen molar-refractivity contribution < 1.29 is 13.2 Å². The molecule has 0 unspecified atom stereocenters. The summed E-state index contributed by atoms with van der Waals surface area (Å²) >= 11 is 0. The van der Waals surface area contributed by atoms with Gasteiger partial charge in [-0.2, -0.15) is 13.2 Å². The third-order valence-corrected chi connectivity index (χ3v) is 5.27.